The summed E-state index contributed by atoms with van der Waals surface area (Å²) in [5.74, 6) is 1.27. The molecule has 8 heteroatoms. The number of nitrogens with two attached hydrogens (primary N) is 1. The van der Waals surface area contributed by atoms with E-state index < -0.39 is 5.91 Å². The lowest BCUT2D eigenvalue weighted by molar-refractivity contribution is 0.100. The molecule has 3 N–H and O–H groups in total. The van der Waals surface area contributed by atoms with Crippen molar-refractivity contribution in [2.75, 3.05) is 32.1 Å². The van der Waals surface area contributed by atoms with Gasteiger partial charge in [-0.25, -0.2) is 0 Å². The SMILES string of the molecule is CN/C=C\C(N)=NC(=O)c1cc(Oc2ccccc2)nc(N(C)C2CCN(Cc3ccccc3)C2)c1. The van der Waals surface area contributed by atoms with Gasteiger partial charge in [-0.05, 0) is 42.5 Å². The van der Waals surface area contributed by atoms with Crippen molar-refractivity contribution in [1.82, 2.24) is 15.2 Å². The van der Waals surface area contributed by atoms with Crippen molar-refractivity contribution in [3.8, 4) is 11.6 Å². The van der Waals surface area contributed by atoms with Crippen LogP contribution in [0, 0.1) is 0 Å². The van der Waals surface area contributed by atoms with E-state index in [2.05, 4.69) is 44.4 Å². The number of hydrogen-bond acceptors (Lipinski definition) is 6. The van der Waals surface area contributed by atoms with Crippen molar-refractivity contribution in [1.29, 1.82) is 0 Å². The Balaban J connectivity index is 1.56. The number of pyridine rings is 1. The molecule has 1 unspecified atom stereocenters. The second-order valence-corrected chi connectivity index (χ2v) is 8.71. The zero-order valence-electron chi connectivity index (χ0n) is 20.7. The van der Waals surface area contributed by atoms with Crippen LogP contribution in [0.2, 0.25) is 0 Å². The molecule has 2 aromatic carbocycles. The first-order valence-electron chi connectivity index (χ1n) is 12.0. The Morgan fingerprint density at radius 1 is 1.19 bits per heavy atom. The highest BCUT2D eigenvalue weighted by Crippen LogP contribution is 2.27. The molecule has 0 spiro atoms. The van der Waals surface area contributed by atoms with Gasteiger partial charge in [0.25, 0.3) is 5.91 Å². The lowest BCUT2D eigenvalue weighted by Gasteiger charge is -2.26. The third kappa shape index (κ3) is 6.70. The number of aliphatic imine (C=N–C) groups is 1. The van der Waals surface area contributed by atoms with Gasteiger partial charge in [0.2, 0.25) is 5.88 Å². The third-order valence-corrected chi connectivity index (χ3v) is 6.06. The van der Waals surface area contributed by atoms with Gasteiger partial charge in [-0.3, -0.25) is 9.69 Å². The molecular weight excluding hydrogens is 452 g/mol. The molecule has 0 radical (unpaired) electrons. The Labute approximate surface area is 212 Å². The average molecular weight is 485 g/mol. The lowest BCUT2D eigenvalue weighted by Crippen LogP contribution is -2.35. The van der Waals surface area contributed by atoms with Gasteiger partial charge in [0.15, 0.2) is 0 Å². The minimum atomic E-state index is -0.458. The lowest BCUT2D eigenvalue weighted by atomic mass is 10.2. The van der Waals surface area contributed by atoms with Gasteiger partial charge in [0.05, 0.1) is 5.56 Å². The number of amides is 1. The number of carbonyl (C=O) groups excluding carboxylic acids is 1. The summed E-state index contributed by atoms with van der Waals surface area (Å²) < 4.78 is 5.99. The maximum atomic E-state index is 12.9. The minimum absolute atomic E-state index is 0.110. The van der Waals surface area contributed by atoms with Crippen LogP contribution in [0.15, 0.2) is 90.1 Å². The summed E-state index contributed by atoms with van der Waals surface area (Å²) in [6.45, 7) is 2.81. The molecule has 4 rings (SSSR count). The van der Waals surface area contributed by atoms with Crippen LogP contribution in [0.3, 0.4) is 0 Å². The van der Waals surface area contributed by atoms with Crippen LogP contribution in [-0.4, -0.2) is 54.9 Å². The number of aromatic nitrogens is 1. The van der Waals surface area contributed by atoms with Gasteiger partial charge in [0.1, 0.15) is 17.4 Å². The number of anilines is 1. The average Bonchev–Trinajstić information content (AvgIpc) is 3.36. The fourth-order valence-corrected chi connectivity index (χ4v) is 4.15. The molecule has 0 saturated carbocycles. The predicted octanol–water partition coefficient (Wildman–Crippen LogP) is 3.82. The first-order chi connectivity index (χ1) is 17.5. The fourth-order valence-electron chi connectivity index (χ4n) is 4.15. The van der Waals surface area contributed by atoms with Crippen molar-refractivity contribution in [3.05, 3.63) is 96.2 Å². The summed E-state index contributed by atoms with van der Waals surface area (Å²) in [5, 5.41) is 2.83. The summed E-state index contributed by atoms with van der Waals surface area (Å²) >= 11 is 0. The van der Waals surface area contributed by atoms with E-state index in [0.717, 1.165) is 26.1 Å². The highest BCUT2D eigenvalue weighted by molar-refractivity contribution is 6.06. The molecule has 3 aromatic rings. The number of likely N-dealkylation sites (tertiary alicyclic amines) is 1. The summed E-state index contributed by atoms with van der Waals surface area (Å²) in [6, 6.07) is 23.4. The first-order valence-corrected chi connectivity index (χ1v) is 12.0. The van der Waals surface area contributed by atoms with Crippen LogP contribution >= 0.6 is 0 Å². The molecule has 36 heavy (non-hydrogen) atoms. The van der Waals surface area contributed by atoms with Crippen molar-refractivity contribution < 1.29 is 9.53 Å². The fraction of sp³-hybridized carbons (Fsp3) is 0.250. The Hall–Kier alpha value is -4.17. The minimum Gasteiger partial charge on any atom is -0.439 e. The number of ether oxygens (including phenoxy) is 1. The zero-order chi connectivity index (χ0) is 25.3. The van der Waals surface area contributed by atoms with Gasteiger partial charge >= 0.3 is 0 Å². The molecule has 1 aromatic heterocycles. The molecule has 1 saturated heterocycles. The molecule has 1 aliphatic heterocycles. The van der Waals surface area contributed by atoms with Crippen molar-refractivity contribution in [2.24, 2.45) is 10.7 Å². The Morgan fingerprint density at radius 3 is 2.64 bits per heavy atom. The first kappa shape index (κ1) is 24.9. The Kier molecular flexibility index (Phi) is 8.31. The molecule has 0 aliphatic carbocycles. The number of nitrogens with one attached hydrogen (secondary N) is 1. The number of carbonyl (C=O) groups is 1. The summed E-state index contributed by atoms with van der Waals surface area (Å²) in [7, 11) is 3.75. The zero-order valence-corrected chi connectivity index (χ0v) is 20.7. The molecule has 1 atom stereocenters. The number of amidine groups is 1. The van der Waals surface area contributed by atoms with E-state index in [4.69, 9.17) is 15.5 Å². The van der Waals surface area contributed by atoms with Gasteiger partial charge in [-0.15, -0.1) is 0 Å². The molecular formula is C28H32N6O2. The van der Waals surface area contributed by atoms with E-state index in [1.54, 1.807) is 25.4 Å². The van der Waals surface area contributed by atoms with E-state index in [9.17, 15) is 4.79 Å². The summed E-state index contributed by atoms with van der Waals surface area (Å²) in [6.07, 6.45) is 4.15. The number of hydrogen-bond donors (Lipinski definition) is 2. The van der Waals surface area contributed by atoms with Gasteiger partial charge in [-0.2, -0.15) is 9.98 Å². The van der Waals surface area contributed by atoms with Gasteiger partial charge in [0, 0.05) is 45.8 Å². The second kappa shape index (κ2) is 12.0. The van der Waals surface area contributed by atoms with E-state index in [1.807, 2.05) is 43.4 Å². The van der Waals surface area contributed by atoms with Crippen LogP contribution in [-0.2, 0) is 6.54 Å². The van der Waals surface area contributed by atoms with Crippen LogP contribution in [0.5, 0.6) is 11.6 Å². The van der Waals surface area contributed by atoms with Crippen molar-refractivity contribution >= 4 is 17.6 Å². The summed E-state index contributed by atoms with van der Waals surface area (Å²) in [4.78, 5) is 26.2. The number of likely N-dealkylation sites (N-methyl/N-ethyl adjacent to an activating group) is 1. The van der Waals surface area contributed by atoms with E-state index in [1.165, 1.54) is 11.6 Å². The largest absolute Gasteiger partial charge is 0.439 e. The predicted molar refractivity (Wildman–Crippen MR) is 143 cm³/mol. The van der Waals surface area contributed by atoms with Crippen LogP contribution < -0.4 is 20.7 Å². The Bertz CT molecular complexity index is 1210. The monoisotopic (exact) mass is 484 g/mol. The normalized spacial score (nSPS) is 16.3. The highest BCUT2D eigenvalue weighted by Gasteiger charge is 2.27. The summed E-state index contributed by atoms with van der Waals surface area (Å²) in [5.41, 5.74) is 7.53. The maximum Gasteiger partial charge on any atom is 0.279 e. The van der Waals surface area contributed by atoms with Crippen LogP contribution in [0.25, 0.3) is 0 Å². The Morgan fingerprint density at radius 2 is 1.92 bits per heavy atom. The molecule has 186 valence electrons. The van der Waals surface area contributed by atoms with E-state index in [-0.39, 0.29) is 11.9 Å². The molecule has 1 aliphatic rings. The van der Waals surface area contributed by atoms with Crippen molar-refractivity contribution in [2.45, 2.75) is 19.0 Å². The van der Waals surface area contributed by atoms with Crippen LogP contribution in [0.4, 0.5) is 5.82 Å². The molecule has 2 heterocycles. The molecule has 1 fully saturated rings. The topological polar surface area (TPSA) is 96.1 Å². The molecule has 0 bridgehead atoms. The smallest absolute Gasteiger partial charge is 0.279 e. The number of rotatable bonds is 9. The number of para-hydroxylation sites is 1. The number of benzene rings is 2. The second-order valence-electron chi connectivity index (χ2n) is 8.71. The third-order valence-electron chi connectivity index (χ3n) is 6.06. The number of nitrogens with zero attached hydrogens (tertiary/aromatic N) is 4. The molecule has 8 nitrogen and oxygen atoms in total. The van der Waals surface area contributed by atoms with E-state index in [0.29, 0.717) is 23.0 Å². The van der Waals surface area contributed by atoms with Crippen LogP contribution in [0.1, 0.15) is 22.3 Å². The molecule has 1 amide bonds. The van der Waals surface area contributed by atoms with Crippen molar-refractivity contribution in [3.63, 3.8) is 0 Å². The maximum absolute atomic E-state index is 12.9. The van der Waals surface area contributed by atoms with E-state index >= 15 is 0 Å². The van der Waals surface area contributed by atoms with Gasteiger partial charge < -0.3 is 20.7 Å². The quantitative estimate of drug-likeness (QED) is 0.352. The standard InChI is InChI=1S/C28H32N6O2/c1-30-15-13-25(29)31-28(35)22-17-26(32-27(18-22)36-24-11-7-4-8-12-24)33(2)23-14-16-34(20-23)19-21-9-5-3-6-10-21/h3-13,15,17-18,23,30H,14,16,19-20H2,1-2H3,(H2,29,31,35)/b15-13-. The highest BCUT2D eigenvalue weighted by atomic mass is 16.5. The van der Waals surface area contributed by atoms with Gasteiger partial charge in [-0.1, -0.05) is 48.5 Å².